The number of hydrogen-bond acceptors (Lipinski definition) is 7. The lowest BCUT2D eigenvalue weighted by Crippen LogP contribution is -2.56. The number of fused-ring (bicyclic) bond motifs is 5. The summed E-state index contributed by atoms with van der Waals surface area (Å²) >= 11 is 0. The predicted octanol–water partition coefficient (Wildman–Crippen LogP) is 5.40. The van der Waals surface area contributed by atoms with Gasteiger partial charge in [0.1, 0.15) is 12.2 Å². The van der Waals surface area contributed by atoms with Gasteiger partial charge in [0.15, 0.2) is 12.4 Å². The summed E-state index contributed by atoms with van der Waals surface area (Å²) < 4.78 is 17.0. The maximum atomic E-state index is 11.3. The Morgan fingerprint density at radius 3 is 2.56 bits per heavy atom. The van der Waals surface area contributed by atoms with E-state index < -0.39 is 30.6 Å². The van der Waals surface area contributed by atoms with Gasteiger partial charge in [0, 0.05) is 12.3 Å². The molecule has 1 aliphatic heterocycles. The van der Waals surface area contributed by atoms with Crippen molar-refractivity contribution >= 4 is 5.97 Å². The second-order valence-electron chi connectivity index (χ2n) is 15.0. The molecule has 0 amide bonds. The molecule has 3 saturated carbocycles. The van der Waals surface area contributed by atoms with Gasteiger partial charge in [-0.25, -0.2) is 0 Å². The SMILES string of the molecule is CC(=O)OC1COC(OC2CCC3(CO)C(=CCC4C3CCC3(C)C(C(C)CCCC(C)C)CCC43)C2)C(O)C1O. The molecule has 12 atom stereocenters. The van der Waals surface area contributed by atoms with Gasteiger partial charge in [0.05, 0.1) is 19.3 Å². The van der Waals surface area contributed by atoms with E-state index in [4.69, 9.17) is 14.2 Å². The third kappa shape index (κ3) is 5.92. The summed E-state index contributed by atoms with van der Waals surface area (Å²) in [6.07, 6.45) is 10.6. The number of carbonyl (C=O) groups excluding carboxylic acids is 1. The average Bonchev–Trinajstić information content (AvgIpc) is 3.29. The molecule has 0 radical (unpaired) electrons. The van der Waals surface area contributed by atoms with Crippen molar-refractivity contribution in [3.05, 3.63) is 11.6 Å². The lowest BCUT2D eigenvalue weighted by molar-refractivity contribution is -0.287. The van der Waals surface area contributed by atoms with Gasteiger partial charge in [0.25, 0.3) is 0 Å². The Bertz CT molecular complexity index is 949. The highest BCUT2D eigenvalue weighted by molar-refractivity contribution is 5.66. The van der Waals surface area contributed by atoms with E-state index in [1.54, 1.807) is 0 Å². The first kappa shape index (κ1) is 31.4. The number of hydrogen-bond donors (Lipinski definition) is 3. The molecule has 4 fully saturated rings. The zero-order valence-electron chi connectivity index (χ0n) is 26.1. The normalized spacial score (nSPS) is 44.9. The van der Waals surface area contributed by atoms with Crippen molar-refractivity contribution in [2.45, 2.75) is 136 Å². The Balaban J connectivity index is 1.24. The molecule has 0 aromatic carbocycles. The molecule has 0 bridgehead atoms. The second kappa shape index (κ2) is 12.6. The average molecular weight is 577 g/mol. The van der Waals surface area contributed by atoms with Crippen molar-refractivity contribution in [2.75, 3.05) is 13.2 Å². The molecule has 12 unspecified atom stereocenters. The number of ether oxygens (including phenoxy) is 3. The van der Waals surface area contributed by atoms with E-state index in [0.29, 0.717) is 17.3 Å². The molecule has 0 spiro atoms. The Hall–Kier alpha value is -0.990. The minimum Gasteiger partial charge on any atom is -0.457 e. The first-order valence-electron chi connectivity index (χ1n) is 16.6. The van der Waals surface area contributed by atoms with Crippen molar-refractivity contribution in [1.29, 1.82) is 0 Å². The van der Waals surface area contributed by atoms with Crippen LogP contribution in [0.2, 0.25) is 0 Å². The predicted molar refractivity (Wildman–Crippen MR) is 157 cm³/mol. The Kier molecular flexibility index (Phi) is 9.62. The van der Waals surface area contributed by atoms with Gasteiger partial charge >= 0.3 is 5.97 Å². The Morgan fingerprint density at radius 1 is 1.07 bits per heavy atom. The molecule has 5 rings (SSSR count). The van der Waals surface area contributed by atoms with Crippen LogP contribution in [0, 0.1) is 46.3 Å². The fourth-order valence-electron chi connectivity index (χ4n) is 10.3. The van der Waals surface area contributed by atoms with Crippen LogP contribution in [0.3, 0.4) is 0 Å². The molecule has 0 aromatic heterocycles. The summed E-state index contributed by atoms with van der Waals surface area (Å²) in [6, 6.07) is 0. The van der Waals surface area contributed by atoms with Crippen LogP contribution in [-0.2, 0) is 19.0 Å². The fraction of sp³-hybridized carbons (Fsp3) is 0.912. The molecule has 4 aliphatic carbocycles. The van der Waals surface area contributed by atoms with Crippen LogP contribution in [0.1, 0.15) is 105 Å². The second-order valence-corrected chi connectivity index (χ2v) is 15.0. The maximum absolute atomic E-state index is 11.3. The van der Waals surface area contributed by atoms with E-state index in [0.717, 1.165) is 49.4 Å². The number of carbonyl (C=O) groups is 1. The largest absolute Gasteiger partial charge is 0.457 e. The first-order valence-corrected chi connectivity index (χ1v) is 16.6. The van der Waals surface area contributed by atoms with Crippen LogP contribution in [0.4, 0.5) is 0 Å². The van der Waals surface area contributed by atoms with Crippen LogP contribution < -0.4 is 0 Å². The zero-order chi connectivity index (χ0) is 29.5. The molecule has 1 saturated heterocycles. The van der Waals surface area contributed by atoms with Gasteiger partial charge in [-0.05, 0) is 92.3 Å². The van der Waals surface area contributed by atoms with E-state index in [1.165, 1.54) is 57.4 Å². The quantitative estimate of drug-likeness (QED) is 0.249. The van der Waals surface area contributed by atoms with Gasteiger partial charge in [-0.2, -0.15) is 0 Å². The van der Waals surface area contributed by atoms with E-state index in [1.807, 2.05) is 0 Å². The van der Waals surface area contributed by atoms with Crippen molar-refractivity contribution < 1.29 is 34.3 Å². The summed E-state index contributed by atoms with van der Waals surface area (Å²) in [5.74, 6) is 3.77. The number of allylic oxidation sites excluding steroid dienone is 1. The zero-order valence-corrected chi connectivity index (χ0v) is 26.1. The lowest BCUT2D eigenvalue weighted by Gasteiger charge is -2.59. The molecular formula is C34H56O7. The standard InChI is InChI=1S/C34H56O7/c1-20(2)7-6-8-21(3)26-11-12-27-25-10-9-23-17-24(13-16-34(23,19-35)28(25)14-15-33(26,27)5)41-32-31(38)30(37)29(18-39-32)40-22(4)36/h9,20-21,24-32,35,37-38H,6-8,10-19H2,1-5H3. The monoisotopic (exact) mass is 576 g/mol. The number of rotatable bonds is 9. The van der Waals surface area contributed by atoms with Crippen LogP contribution in [0.25, 0.3) is 0 Å². The third-order valence-corrected chi connectivity index (χ3v) is 12.3. The van der Waals surface area contributed by atoms with Gasteiger partial charge in [0.2, 0.25) is 0 Å². The van der Waals surface area contributed by atoms with Gasteiger partial charge < -0.3 is 29.5 Å². The molecule has 41 heavy (non-hydrogen) atoms. The summed E-state index contributed by atoms with van der Waals surface area (Å²) in [7, 11) is 0. The molecule has 3 N–H and O–H groups in total. The number of esters is 1. The van der Waals surface area contributed by atoms with Gasteiger partial charge in [-0.1, -0.05) is 58.6 Å². The van der Waals surface area contributed by atoms with Crippen LogP contribution in [-0.4, -0.2) is 65.2 Å². The van der Waals surface area contributed by atoms with E-state index in [-0.39, 0.29) is 24.7 Å². The van der Waals surface area contributed by atoms with Crippen molar-refractivity contribution in [3.8, 4) is 0 Å². The summed E-state index contributed by atoms with van der Waals surface area (Å²) in [4.78, 5) is 11.3. The van der Waals surface area contributed by atoms with Gasteiger partial charge in [-0.15, -0.1) is 0 Å². The summed E-state index contributed by atoms with van der Waals surface area (Å²) in [5.41, 5.74) is 1.57. The van der Waals surface area contributed by atoms with Crippen LogP contribution >= 0.6 is 0 Å². The smallest absolute Gasteiger partial charge is 0.303 e. The molecule has 1 heterocycles. The van der Waals surface area contributed by atoms with Crippen LogP contribution in [0.5, 0.6) is 0 Å². The van der Waals surface area contributed by atoms with Crippen LogP contribution in [0.15, 0.2) is 11.6 Å². The molecule has 0 aromatic rings. The molecule has 234 valence electrons. The highest BCUT2D eigenvalue weighted by atomic mass is 16.7. The topological polar surface area (TPSA) is 105 Å². The third-order valence-electron chi connectivity index (χ3n) is 12.3. The van der Waals surface area contributed by atoms with Crippen molar-refractivity contribution in [3.63, 3.8) is 0 Å². The number of aliphatic hydroxyl groups excluding tert-OH is 3. The summed E-state index contributed by atoms with van der Waals surface area (Å²) in [5, 5.41) is 32.1. The number of aliphatic hydroxyl groups is 3. The molecular weight excluding hydrogens is 520 g/mol. The lowest BCUT2D eigenvalue weighted by atomic mass is 9.46. The minimum atomic E-state index is -1.29. The van der Waals surface area contributed by atoms with E-state index >= 15 is 0 Å². The highest BCUT2D eigenvalue weighted by Crippen LogP contribution is 2.67. The van der Waals surface area contributed by atoms with Crippen molar-refractivity contribution in [2.24, 2.45) is 46.3 Å². The van der Waals surface area contributed by atoms with E-state index in [2.05, 4.69) is 33.8 Å². The molecule has 7 nitrogen and oxygen atoms in total. The minimum absolute atomic E-state index is 0.0142. The first-order chi connectivity index (χ1) is 19.5. The van der Waals surface area contributed by atoms with Gasteiger partial charge in [-0.3, -0.25) is 4.79 Å². The highest BCUT2D eigenvalue weighted by Gasteiger charge is 2.60. The molecule has 7 heteroatoms. The Morgan fingerprint density at radius 2 is 1.85 bits per heavy atom. The molecule has 5 aliphatic rings. The van der Waals surface area contributed by atoms with E-state index in [9.17, 15) is 20.1 Å². The van der Waals surface area contributed by atoms with Crippen molar-refractivity contribution in [1.82, 2.24) is 0 Å². The summed E-state index contributed by atoms with van der Waals surface area (Å²) in [6.45, 7) is 11.2. The Labute approximate surface area is 247 Å². The fourth-order valence-corrected chi connectivity index (χ4v) is 10.3. The maximum Gasteiger partial charge on any atom is 0.303 e.